The van der Waals surface area contributed by atoms with E-state index in [0.717, 1.165) is 29.1 Å². The first-order chi connectivity index (χ1) is 10.9. The Labute approximate surface area is 138 Å². The summed E-state index contributed by atoms with van der Waals surface area (Å²) in [6, 6.07) is 9.56. The van der Waals surface area contributed by atoms with Gasteiger partial charge in [0.25, 0.3) is 0 Å². The summed E-state index contributed by atoms with van der Waals surface area (Å²) in [7, 11) is 9.62. The first-order valence-corrected chi connectivity index (χ1v) is 7.56. The van der Waals surface area contributed by atoms with Gasteiger partial charge in [0.05, 0.1) is 12.8 Å². The summed E-state index contributed by atoms with van der Waals surface area (Å²) in [6.07, 6.45) is 0. The predicted octanol–water partition coefficient (Wildman–Crippen LogP) is 2.59. The Morgan fingerprint density at radius 3 is 2.13 bits per heavy atom. The lowest BCUT2D eigenvalue weighted by molar-refractivity contribution is 0.379. The van der Waals surface area contributed by atoms with Crippen LogP contribution in [0.2, 0.25) is 0 Å². The molecule has 0 bridgehead atoms. The minimum absolute atomic E-state index is 0.242. The van der Waals surface area contributed by atoms with Crippen LogP contribution in [0, 0.1) is 0 Å². The van der Waals surface area contributed by atoms with Gasteiger partial charge >= 0.3 is 0 Å². The van der Waals surface area contributed by atoms with Crippen LogP contribution in [0.4, 0.5) is 0 Å². The van der Waals surface area contributed by atoms with E-state index in [0.29, 0.717) is 12.2 Å². The summed E-state index contributed by atoms with van der Waals surface area (Å²) in [6.45, 7) is 1.39. The molecule has 0 aliphatic carbocycles. The molecule has 2 aromatic rings. The molecule has 1 heterocycles. The fourth-order valence-corrected chi connectivity index (χ4v) is 2.47. The molecule has 0 unspecified atom stereocenters. The van der Waals surface area contributed by atoms with Crippen molar-refractivity contribution in [1.29, 1.82) is 0 Å². The molecule has 124 valence electrons. The molecule has 0 amide bonds. The summed E-state index contributed by atoms with van der Waals surface area (Å²) in [5.41, 5.74) is 3.32. The second kappa shape index (κ2) is 7.44. The van der Waals surface area contributed by atoms with E-state index >= 15 is 0 Å². The van der Waals surface area contributed by atoms with E-state index in [1.54, 1.807) is 7.11 Å². The second-order valence-electron chi connectivity index (χ2n) is 6.17. The maximum atomic E-state index is 10.6. The van der Waals surface area contributed by atoms with Gasteiger partial charge in [-0.15, -0.1) is 0 Å². The first-order valence-electron chi connectivity index (χ1n) is 7.56. The molecule has 0 atom stereocenters. The van der Waals surface area contributed by atoms with Gasteiger partial charge in [-0.1, -0.05) is 0 Å². The molecule has 1 aromatic heterocycles. The van der Waals surface area contributed by atoms with Crippen LogP contribution in [0.1, 0.15) is 11.3 Å². The fraction of sp³-hybridized carbons (Fsp3) is 0.389. The second-order valence-corrected chi connectivity index (χ2v) is 6.17. The zero-order valence-corrected chi connectivity index (χ0v) is 14.5. The largest absolute Gasteiger partial charge is 0.505 e. The van der Waals surface area contributed by atoms with Crippen LogP contribution in [-0.2, 0) is 13.1 Å². The molecule has 1 N–H and O–H groups in total. The first kappa shape index (κ1) is 17.2. The third-order valence-corrected chi connectivity index (χ3v) is 3.45. The topological polar surface area (TPSA) is 48.8 Å². The van der Waals surface area contributed by atoms with Gasteiger partial charge in [-0.05, 0) is 58.5 Å². The van der Waals surface area contributed by atoms with E-state index in [1.165, 1.54) is 0 Å². The van der Waals surface area contributed by atoms with Gasteiger partial charge in [-0.3, -0.25) is 0 Å². The van der Waals surface area contributed by atoms with Crippen molar-refractivity contribution in [2.45, 2.75) is 13.1 Å². The minimum atomic E-state index is 0.242. The van der Waals surface area contributed by atoms with Crippen molar-refractivity contribution >= 4 is 0 Å². The number of rotatable bonds is 6. The molecule has 0 aliphatic heterocycles. The molecular formula is C18H25N3O2. The molecule has 1 aromatic carbocycles. The maximum absolute atomic E-state index is 10.6. The van der Waals surface area contributed by atoms with Crippen LogP contribution in [0.5, 0.6) is 11.5 Å². The maximum Gasteiger partial charge on any atom is 0.146 e. The number of methoxy groups -OCH3 is 1. The quantitative estimate of drug-likeness (QED) is 0.888. The minimum Gasteiger partial charge on any atom is -0.505 e. The van der Waals surface area contributed by atoms with Crippen LogP contribution in [-0.4, -0.2) is 55.2 Å². The van der Waals surface area contributed by atoms with E-state index in [-0.39, 0.29) is 5.75 Å². The molecule has 0 fully saturated rings. The van der Waals surface area contributed by atoms with E-state index in [2.05, 4.69) is 9.88 Å². The lowest BCUT2D eigenvalue weighted by Gasteiger charge is -2.17. The van der Waals surface area contributed by atoms with Crippen molar-refractivity contribution in [3.63, 3.8) is 0 Å². The van der Waals surface area contributed by atoms with Gasteiger partial charge in [-0.2, -0.15) is 0 Å². The Kier molecular flexibility index (Phi) is 5.58. The monoisotopic (exact) mass is 315 g/mol. The number of aromatic nitrogens is 1. The summed E-state index contributed by atoms with van der Waals surface area (Å²) in [4.78, 5) is 8.76. The Bertz CT molecular complexity index is 652. The number of aromatic hydroxyl groups is 1. The van der Waals surface area contributed by atoms with E-state index < -0.39 is 0 Å². The molecule has 0 spiro atoms. The molecule has 5 nitrogen and oxygen atoms in total. The van der Waals surface area contributed by atoms with Gasteiger partial charge in [0.2, 0.25) is 0 Å². The lowest BCUT2D eigenvalue weighted by Crippen LogP contribution is -2.15. The van der Waals surface area contributed by atoms with Crippen LogP contribution in [0.25, 0.3) is 11.3 Å². The average molecular weight is 315 g/mol. The van der Waals surface area contributed by atoms with Gasteiger partial charge in [0, 0.05) is 24.2 Å². The van der Waals surface area contributed by atoms with E-state index in [4.69, 9.17) is 4.74 Å². The highest BCUT2D eigenvalue weighted by Crippen LogP contribution is 2.32. The molecule has 0 saturated carbocycles. The van der Waals surface area contributed by atoms with Crippen molar-refractivity contribution in [2.24, 2.45) is 0 Å². The number of ether oxygens (including phenoxy) is 1. The lowest BCUT2D eigenvalue weighted by atomic mass is 10.1. The predicted molar refractivity (Wildman–Crippen MR) is 92.7 cm³/mol. The van der Waals surface area contributed by atoms with Crippen molar-refractivity contribution in [3.05, 3.63) is 41.6 Å². The zero-order chi connectivity index (χ0) is 17.0. The van der Waals surface area contributed by atoms with Crippen molar-refractivity contribution in [1.82, 2.24) is 14.8 Å². The number of benzene rings is 1. The number of hydrogen-bond acceptors (Lipinski definition) is 5. The number of pyridine rings is 1. The molecular weight excluding hydrogens is 290 g/mol. The van der Waals surface area contributed by atoms with Gasteiger partial charge in [0.1, 0.15) is 17.2 Å². The highest BCUT2D eigenvalue weighted by atomic mass is 16.5. The van der Waals surface area contributed by atoms with Crippen molar-refractivity contribution in [3.8, 4) is 22.8 Å². The third kappa shape index (κ3) is 4.43. The molecule has 0 radical (unpaired) electrons. The zero-order valence-electron chi connectivity index (χ0n) is 14.5. The van der Waals surface area contributed by atoms with Crippen LogP contribution >= 0.6 is 0 Å². The van der Waals surface area contributed by atoms with Crippen molar-refractivity contribution in [2.75, 3.05) is 35.3 Å². The van der Waals surface area contributed by atoms with Crippen LogP contribution < -0.4 is 4.74 Å². The normalized spacial score (nSPS) is 11.3. The Hall–Kier alpha value is -2.11. The van der Waals surface area contributed by atoms with Gasteiger partial charge in [-0.25, -0.2) is 4.98 Å². The van der Waals surface area contributed by atoms with Crippen molar-refractivity contribution < 1.29 is 9.84 Å². The van der Waals surface area contributed by atoms with Crippen LogP contribution in [0.15, 0.2) is 30.3 Å². The number of hydrogen-bond donors (Lipinski definition) is 1. The number of nitrogens with zero attached hydrogens (tertiary/aromatic N) is 3. The summed E-state index contributed by atoms with van der Waals surface area (Å²) >= 11 is 0. The molecule has 0 saturated heterocycles. The molecule has 0 aliphatic rings. The summed E-state index contributed by atoms with van der Waals surface area (Å²) in [5.74, 6) is 1.03. The Morgan fingerprint density at radius 2 is 1.61 bits per heavy atom. The average Bonchev–Trinajstić information content (AvgIpc) is 2.49. The summed E-state index contributed by atoms with van der Waals surface area (Å²) in [5, 5.41) is 10.6. The highest BCUT2D eigenvalue weighted by molar-refractivity contribution is 5.68. The SMILES string of the molecule is COc1ccc(-c2nc(CN(C)C)cc(CN(C)C)c2O)cc1. The third-order valence-electron chi connectivity index (χ3n) is 3.45. The molecule has 2 rings (SSSR count). The Morgan fingerprint density at radius 1 is 1.00 bits per heavy atom. The molecule has 23 heavy (non-hydrogen) atoms. The van der Waals surface area contributed by atoms with Gasteiger partial charge < -0.3 is 19.6 Å². The van der Waals surface area contributed by atoms with E-state index in [9.17, 15) is 5.11 Å². The van der Waals surface area contributed by atoms with Gasteiger partial charge in [0.15, 0.2) is 0 Å². The smallest absolute Gasteiger partial charge is 0.146 e. The standard InChI is InChI=1S/C18H25N3O2/c1-20(2)11-14-10-15(12-21(3)4)19-17(18(14)22)13-6-8-16(23-5)9-7-13/h6-10,22H,11-12H2,1-5H3. The Balaban J connectivity index is 2.50. The van der Waals surface area contributed by atoms with Crippen LogP contribution in [0.3, 0.4) is 0 Å². The summed E-state index contributed by atoms with van der Waals surface area (Å²) < 4.78 is 5.19. The molecule has 5 heteroatoms. The fourth-order valence-electron chi connectivity index (χ4n) is 2.47. The van der Waals surface area contributed by atoms with E-state index in [1.807, 2.05) is 63.4 Å². The highest BCUT2D eigenvalue weighted by Gasteiger charge is 2.15.